The van der Waals surface area contributed by atoms with Crippen LogP contribution in [0.25, 0.3) is 0 Å². The fourth-order valence-electron chi connectivity index (χ4n) is 1.90. The lowest BCUT2D eigenvalue weighted by atomic mass is 10.2. The van der Waals surface area contributed by atoms with Gasteiger partial charge in [-0.1, -0.05) is 23.2 Å². The number of halogens is 2. The molecule has 1 aliphatic rings. The largest absolute Gasteiger partial charge is 0.482 e. The van der Waals surface area contributed by atoms with Crippen LogP contribution in [0, 0.1) is 0 Å². The smallest absolute Gasteiger partial charge is 0.262 e. The summed E-state index contributed by atoms with van der Waals surface area (Å²) in [7, 11) is 0. The number of ether oxygens (including phenoxy) is 1. The van der Waals surface area contributed by atoms with E-state index in [0.717, 1.165) is 0 Å². The molecule has 0 spiro atoms. The number of hydrogen-bond donors (Lipinski definition) is 2. The Balaban J connectivity index is 1.85. The number of nitrogens with zero attached hydrogens (tertiary/aromatic N) is 1. The van der Waals surface area contributed by atoms with E-state index in [1.165, 1.54) is 18.3 Å². The van der Waals surface area contributed by atoms with Crippen molar-refractivity contribution in [2.24, 2.45) is 0 Å². The number of carbonyl (C=O) groups excluding carboxylic acids is 2. The average molecular weight is 338 g/mol. The van der Waals surface area contributed by atoms with Crippen LogP contribution >= 0.6 is 23.2 Å². The van der Waals surface area contributed by atoms with Crippen molar-refractivity contribution in [3.63, 3.8) is 0 Å². The Morgan fingerprint density at radius 3 is 2.86 bits per heavy atom. The van der Waals surface area contributed by atoms with Crippen molar-refractivity contribution in [2.45, 2.75) is 0 Å². The van der Waals surface area contributed by atoms with Gasteiger partial charge in [-0.25, -0.2) is 4.98 Å². The lowest BCUT2D eigenvalue weighted by molar-refractivity contribution is -0.118. The topological polar surface area (TPSA) is 80.3 Å². The van der Waals surface area contributed by atoms with Crippen molar-refractivity contribution >= 4 is 46.4 Å². The van der Waals surface area contributed by atoms with Gasteiger partial charge in [0.1, 0.15) is 10.9 Å². The van der Waals surface area contributed by atoms with Crippen molar-refractivity contribution in [1.29, 1.82) is 0 Å². The number of hydrogen-bond acceptors (Lipinski definition) is 4. The van der Waals surface area contributed by atoms with Gasteiger partial charge >= 0.3 is 0 Å². The van der Waals surface area contributed by atoms with Crippen LogP contribution in [0.2, 0.25) is 10.2 Å². The van der Waals surface area contributed by atoms with E-state index in [1.54, 1.807) is 12.1 Å². The highest BCUT2D eigenvalue weighted by atomic mass is 35.5. The molecule has 1 aliphatic heterocycles. The normalized spacial score (nSPS) is 12.9. The number of pyridine rings is 1. The Labute approximate surface area is 135 Å². The van der Waals surface area contributed by atoms with Crippen molar-refractivity contribution in [1.82, 2.24) is 4.98 Å². The molecule has 0 saturated heterocycles. The summed E-state index contributed by atoms with van der Waals surface area (Å²) in [5, 5.41) is 5.87. The zero-order valence-corrected chi connectivity index (χ0v) is 12.5. The first-order valence-corrected chi connectivity index (χ1v) is 6.97. The third kappa shape index (κ3) is 2.98. The molecular weight excluding hydrogens is 329 g/mol. The van der Waals surface area contributed by atoms with Crippen molar-refractivity contribution in [3.05, 3.63) is 46.2 Å². The van der Waals surface area contributed by atoms with Crippen LogP contribution in [-0.4, -0.2) is 23.4 Å². The molecule has 2 heterocycles. The maximum atomic E-state index is 12.1. The van der Waals surface area contributed by atoms with Gasteiger partial charge in [0.25, 0.3) is 11.8 Å². The van der Waals surface area contributed by atoms with Crippen molar-refractivity contribution in [3.8, 4) is 5.75 Å². The minimum Gasteiger partial charge on any atom is -0.482 e. The molecule has 6 nitrogen and oxygen atoms in total. The molecule has 1 aromatic heterocycles. The van der Waals surface area contributed by atoms with E-state index < -0.39 is 0 Å². The first kappa shape index (κ1) is 14.6. The van der Waals surface area contributed by atoms with Gasteiger partial charge in [0, 0.05) is 12.3 Å². The first-order chi connectivity index (χ1) is 10.5. The third-order valence-electron chi connectivity index (χ3n) is 2.94. The van der Waals surface area contributed by atoms with Crippen LogP contribution in [0.3, 0.4) is 0 Å². The first-order valence-electron chi connectivity index (χ1n) is 6.22. The van der Waals surface area contributed by atoms with Crippen LogP contribution in [0.5, 0.6) is 5.75 Å². The molecular formula is C14H9Cl2N3O3. The van der Waals surface area contributed by atoms with Gasteiger partial charge in [-0.15, -0.1) is 0 Å². The van der Waals surface area contributed by atoms with Gasteiger partial charge in [0.05, 0.1) is 22.0 Å². The highest BCUT2D eigenvalue weighted by Gasteiger charge is 2.19. The van der Waals surface area contributed by atoms with Crippen molar-refractivity contribution < 1.29 is 14.3 Å². The van der Waals surface area contributed by atoms with Gasteiger partial charge in [0.2, 0.25) is 0 Å². The van der Waals surface area contributed by atoms with Crippen molar-refractivity contribution in [2.75, 3.05) is 17.2 Å². The summed E-state index contributed by atoms with van der Waals surface area (Å²) in [5.41, 5.74) is 1.18. The second kappa shape index (κ2) is 5.82. The van der Waals surface area contributed by atoms with Gasteiger partial charge < -0.3 is 15.4 Å². The number of amides is 2. The van der Waals surface area contributed by atoms with E-state index in [4.69, 9.17) is 27.9 Å². The molecule has 0 saturated carbocycles. The molecule has 2 N–H and O–H groups in total. The molecule has 0 unspecified atom stereocenters. The molecule has 2 amide bonds. The predicted octanol–water partition coefficient (Wildman–Crippen LogP) is 2.97. The number of fused-ring (bicyclic) bond motifs is 1. The Hall–Kier alpha value is -2.31. The zero-order chi connectivity index (χ0) is 15.7. The number of benzene rings is 1. The minimum absolute atomic E-state index is 0.0802. The van der Waals surface area contributed by atoms with Crippen LogP contribution in [-0.2, 0) is 4.79 Å². The number of carbonyl (C=O) groups is 2. The molecule has 0 aliphatic carbocycles. The van der Waals surface area contributed by atoms with E-state index in [2.05, 4.69) is 15.6 Å². The van der Waals surface area contributed by atoms with E-state index in [0.29, 0.717) is 27.8 Å². The standard InChI is InChI=1S/C14H9Cl2N3O3/c15-8-3-10-11(22-6-13(20)18-10)4-9(8)19-14(21)7-1-2-12(16)17-5-7/h1-5H,6H2,(H,18,20)(H,19,21). The summed E-state index contributed by atoms with van der Waals surface area (Å²) in [5.74, 6) is -0.202. The van der Waals surface area contributed by atoms with Crippen LogP contribution in [0.15, 0.2) is 30.5 Å². The number of nitrogens with one attached hydrogen (secondary N) is 2. The van der Waals surface area contributed by atoms with E-state index in [-0.39, 0.29) is 23.4 Å². The lowest BCUT2D eigenvalue weighted by Crippen LogP contribution is -2.25. The highest BCUT2D eigenvalue weighted by Crippen LogP contribution is 2.36. The highest BCUT2D eigenvalue weighted by molar-refractivity contribution is 6.34. The van der Waals surface area contributed by atoms with E-state index >= 15 is 0 Å². The summed E-state index contributed by atoms with van der Waals surface area (Å²) in [6.07, 6.45) is 1.36. The third-order valence-corrected chi connectivity index (χ3v) is 3.48. The summed E-state index contributed by atoms with van der Waals surface area (Å²) in [6, 6.07) is 6.14. The Kier molecular flexibility index (Phi) is 3.87. The van der Waals surface area contributed by atoms with Crippen LogP contribution in [0.4, 0.5) is 11.4 Å². The molecule has 0 atom stereocenters. The maximum Gasteiger partial charge on any atom is 0.262 e. The Morgan fingerprint density at radius 2 is 2.14 bits per heavy atom. The molecule has 1 aromatic carbocycles. The number of rotatable bonds is 2. The second-order valence-corrected chi connectivity index (χ2v) is 5.28. The van der Waals surface area contributed by atoms with Gasteiger partial charge in [-0.2, -0.15) is 0 Å². The second-order valence-electron chi connectivity index (χ2n) is 4.49. The molecule has 2 aromatic rings. The molecule has 0 bridgehead atoms. The SMILES string of the molecule is O=C1COc2cc(NC(=O)c3ccc(Cl)nc3)c(Cl)cc2N1. The Morgan fingerprint density at radius 1 is 1.32 bits per heavy atom. The molecule has 0 radical (unpaired) electrons. The molecule has 112 valence electrons. The maximum absolute atomic E-state index is 12.1. The van der Waals surface area contributed by atoms with E-state index in [9.17, 15) is 9.59 Å². The van der Waals surface area contributed by atoms with Gasteiger partial charge in [-0.3, -0.25) is 9.59 Å². The summed E-state index contributed by atoms with van der Waals surface area (Å²) < 4.78 is 5.28. The summed E-state index contributed by atoms with van der Waals surface area (Å²) in [6.45, 7) is -0.0802. The summed E-state index contributed by atoms with van der Waals surface area (Å²) >= 11 is 11.8. The molecule has 3 rings (SSSR count). The van der Waals surface area contributed by atoms with Gasteiger partial charge in [0.15, 0.2) is 6.61 Å². The minimum atomic E-state index is -0.383. The molecule has 8 heteroatoms. The van der Waals surface area contributed by atoms with Gasteiger partial charge in [-0.05, 0) is 18.2 Å². The lowest BCUT2D eigenvalue weighted by Gasteiger charge is -2.19. The number of anilines is 2. The Bertz CT molecular complexity index is 763. The summed E-state index contributed by atoms with van der Waals surface area (Å²) in [4.78, 5) is 27.2. The number of aromatic nitrogens is 1. The quantitative estimate of drug-likeness (QED) is 0.825. The monoisotopic (exact) mass is 337 g/mol. The zero-order valence-electron chi connectivity index (χ0n) is 11.0. The van der Waals surface area contributed by atoms with Crippen LogP contribution < -0.4 is 15.4 Å². The molecule has 22 heavy (non-hydrogen) atoms. The fraction of sp³-hybridized carbons (Fsp3) is 0.0714. The molecule has 0 fully saturated rings. The van der Waals surface area contributed by atoms with E-state index in [1.807, 2.05) is 0 Å². The average Bonchev–Trinajstić information content (AvgIpc) is 2.49. The van der Waals surface area contributed by atoms with Crippen LogP contribution in [0.1, 0.15) is 10.4 Å². The fourth-order valence-corrected chi connectivity index (χ4v) is 2.22. The predicted molar refractivity (Wildman–Crippen MR) is 82.8 cm³/mol.